The number of amides is 1. The number of rotatable bonds is 7. The molecule has 10 heteroatoms. The first kappa shape index (κ1) is 21.4. The highest BCUT2D eigenvalue weighted by atomic mass is 35.5. The van der Waals surface area contributed by atoms with Crippen LogP contribution in [0.4, 0.5) is 11.4 Å². The molecular formula is C20H18ClN3O5S. The van der Waals surface area contributed by atoms with Crippen LogP contribution in [-0.2, 0) is 10.0 Å². The van der Waals surface area contributed by atoms with Gasteiger partial charge in [0.1, 0.15) is 0 Å². The van der Waals surface area contributed by atoms with E-state index in [1.165, 1.54) is 50.9 Å². The zero-order valence-electron chi connectivity index (χ0n) is 16.0. The van der Waals surface area contributed by atoms with E-state index in [1.807, 2.05) is 0 Å². The van der Waals surface area contributed by atoms with Gasteiger partial charge in [-0.15, -0.1) is 0 Å². The lowest BCUT2D eigenvalue weighted by atomic mass is 10.2. The fourth-order valence-corrected chi connectivity index (χ4v) is 3.73. The zero-order valence-corrected chi connectivity index (χ0v) is 17.6. The molecule has 0 aliphatic heterocycles. The number of halogens is 1. The third-order valence-electron chi connectivity index (χ3n) is 4.02. The van der Waals surface area contributed by atoms with E-state index >= 15 is 0 Å². The lowest BCUT2D eigenvalue weighted by Gasteiger charge is -2.12. The van der Waals surface area contributed by atoms with Gasteiger partial charge < -0.3 is 14.8 Å². The number of carbonyl (C=O) groups excluding carboxylic acids is 1. The summed E-state index contributed by atoms with van der Waals surface area (Å²) >= 11 is 5.83. The number of carbonyl (C=O) groups is 1. The molecule has 1 amide bonds. The van der Waals surface area contributed by atoms with Gasteiger partial charge in [0.25, 0.3) is 15.9 Å². The average Bonchev–Trinajstić information content (AvgIpc) is 2.74. The van der Waals surface area contributed by atoms with E-state index < -0.39 is 15.9 Å². The first-order chi connectivity index (χ1) is 14.3. The van der Waals surface area contributed by atoms with Crippen LogP contribution in [0.15, 0.2) is 65.8 Å². The Bertz CT molecular complexity index is 1170. The van der Waals surface area contributed by atoms with Gasteiger partial charge in [-0.1, -0.05) is 11.6 Å². The summed E-state index contributed by atoms with van der Waals surface area (Å²) in [7, 11) is -1.08. The molecule has 0 unspecified atom stereocenters. The van der Waals surface area contributed by atoms with Gasteiger partial charge in [0.15, 0.2) is 11.5 Å². The number of sulfonamides is 1. The Labute approximate surface area is 178 Å². The Hall–Kier alpha value is -3.30. The summed E-state index contributed by atoms with van der Waals surface area (Å²) in [4.78, 5) is 16.4. The molecule has 8 nitrogen and oxygen atoms in total. The van der Waals surface area contributed by atoms with Gasteiger partial charge in [0, 0.05) is 23.0 Å². The van der Waals surface area contributed by atoms with Crippen molar-refractivity contribution in [2.45, 2.75) is 4.90 Å². The van der Waals surface area contributed by atoms with Crippen LogP contribution in [0.3, 0.4) is 0 Å². The van der Waals surface area contributed by atoms with E-state index in [2.05, 4.69) is 15.0 Å². The Morgan fingerprint density at radius 1 is 0.933 bits per heavy atom. The molecule has 0 spiro atoms. The summed E-state index contributed by atoms with van der Waals surface area (Å²) in [6.07, 6.45) is 2.64. The maximum absolute atomic E-state index is 12.7. The summed E-state index contributed by atoms with van der Waals surface area (Å²) in [6, 6.07) is 12.2. The monoisotopic (exact) mass is 447 g/mol. The number of hydrogen-bond donors (Lipinski definition) is 2. The predicted octanol–water partition coefficient (Wildman–Crippen LogP) is 3.81. The molecule has 156 valence electrons. The van der Waals surface area contributed by atoms with Crippen molar-refractivity contribution in [1.82, 2.24) is 4.98 Å². The van der Waals surface area contributed by atoms with Crippen LogP contribution in [0, 0.1) is 0 Å². The molecule has 0 fully saturated rings. The number of anilines is 2. The highest BCUT2D eigenvalue weighted by Crippen LogP contribution is 2.30. The van der Waals surface area contributed by atoms with E-state index in [4.69, 9.17) is 21.1 Å². The molecule has 2 aromatic carbocycles. The smallest absolute Gasteiger partial charge is 0.262 e. The summed E-state index contributed by atoms with van der Waals surface area (Å²) < 4.78 is 38.1. The van der Waals surface area contributed by atoms with Crippen LogP contribution in [0.2, 0.25) is 5.02 Å². The van der Waals surface area contributed by atoms with E-state index in [0.29, 0.717) is 16.5 Å². The van der Waals surface area contributed by atoms with Gasteiger partial charge in [-0.2, -0.15) is 0 Å². The molecule has 0 saturated carbocycles. The first-order valence-electron chi connectivity index (χ1n) is 8.59. The van der Waals surface area contributed by atoms with Gasteiger partial charge in [0.05, 0.1) is 36.6 Å². The van der Waals surface area contributed by atoms with Crippen LogP contribution in [0.25, 0.3) is 0 Å². The maximum atomic E-state index is 12.7. The van der Waals surface area contributed by atoms with Gasteiger partial charge in [0.2, 0.25) is 0 Å². The molecule has 1 heterocycles. The molecule has 0 aliphatic rings. The molecule has 0 atom stereocenters. The van der Waals surface area contributed by atoms with Crippen LogP contribution < -0.4 is 19.5 Å². The van der Waals surface area contributed by atoms with Crippen molar-refractivity contribution in [3.63, 3.8) is 0 Å². The first-order valence-corrected chi connectivity index (χ1v) is 10.5. The highest BCUT2D eigenvalue weighted by Gasteiger charge is 2.18. The van der Waals surface area contributed by atoms with Crippen molar-refractivity contribution in [3.8, 4) is 11.5 Å². The topological polar surface area (TPSA) is 107 Å². The molecule has 0 radical (unpaired) electrons. The lowest BCUT2D eigenvalue weighted by molar-refractivity contribution is 0.102. The number of aromatic nitrogens is 1. The maximum Gasteiger partial charge on any atom is 0.262 e. The molecule has 30 heavy (non-hydrogen) atoms. The number of nitrogens with one attached hydrogen (secondary N) is 2. The summed E-state index contributed by atoms with van der Waals surface area (Å²) in [5.41, 5.74) is 0.853. The summed E-state index contributed by atoms with van der Waals surface area (Å²) in [5, 5.41) is 3.23. The Morgan fingerprint density at radius 2 is 1.63 bits per heavy atom. The van der Waals surface area contributed by atoms with Crippen LogP contribution in [-0.4, -0.2) is 33.5 Å². The third kappa shape index (κ3) is 5.00. The van der Waals surface area contributed by atoms with Crippen molar-refractivity contribution < 1.29 is 22.7 Å². The Kier molecular flexibility index (Phi) is 6.43. The minimum atomic E-state index is -3.95. The van der Waals surface area contributed by atoms with Crippen LogP contribution in [0.5, 0.6) is 11.5 Å². The van der Waals surface area contributed by atoms with Gasteiger partial charge >= 0.3 is 0 Å². The van der Waals surface area contributed by atoms with Crippen molar-refractivity contribution in [3.05, 3.63) is 71.5 Å². The number of ether oxygens (including phenoxy) is 2. The molecule has 3 rings (SSSR count). The normalized spacial score (nSPS) is 10.9. The minimum absolute atomic E-state index is 0.0313. The second-order valence-corrected chi connectivity index (χ2v) is 8.16. The van der Waals surface area contributed by atoms with Crippen LogP contribution in [0.1, 0.15) is 10.4 Å². The van der Waals surface area contributed by atoms with E-state index in [-0.39, 0.29) is 21.9 Å². The molecule has 2 N–H and O–H groups in total. The second-order valence-electron chi connectivity index (χ2n) is 6.05. The number of benzene rings is 2. The summed E-state index contributed by atoms with van der Waals surface area (Å²) in [5.74, 6) is 0.227. The average molecular weight is 448 g/mol. The number of hydrogen-bond acceptors (Lipinski definition) is 6. The predicted molar refractivity (Wildman–Crippen MR) is 114 cm³/mol. The van der Waals surface area contributed by atoms with Crippen molar-refractivity contribution in [2.75, 3.05) is 24.3 Å². The molecule has 0 bridgehead atoms. The van der Waals surface area contributed by atoms with Crippen LogP contribution >= 0.6 is 11.6 Å². The number of pyridine rings is 1. The summed E-state index contributed by atoms with van der Waals surface area (Å²) in [6.45, 7) is 0. The Balaban J connectivity index is 1.80. The largest absolute Gasteiger partial charge is 0.493 e. The van der Waals surface area contributed by atoms with Crippen molar-refractivity contribution in [1.29, 1.82) is 0 Å². The SMILES string of the molecule is COc1ccc(S(=O)(=O)Nc2cncc(C(=O)Nc3ccc(Cl)cc3)c2)cc1OC. The van der Waals surface area contributed by atoms with Crippen molar-refractivity contribution in [2.24, 2.45) is 0 Å². The molecule has 0 saturated heterocycles. The van der Waals surface area contributed by atoms with Gasteiger partial charge in [-0.3, -0.25) is 14.5 Å². The zero-order chi connectivity index (χ0) is 21.7. The molecule has 3 aromatic rings. The fourth-order valence-electron chi connectivity index (χ4n) is 2.55. The number of methoxy groups -OCH3 is 2. The Morgan fingerprint density at radius 3 is 2.30 bits per heavy atom. The quantitative estimate of drug-likeness (QED) is 0.570. The van der Waals surface area contributed by atoms with Crippen molar-refractivity contribution >= 4 is 38.9 Å². The fraction of sp³-hybridized carbons (Fsp3) is 0.100. The number of nitrogens with zero attached hydrogens (tertiary/aromatic N) is 1. The van der Waals surface area contributed by atoms with Gasteiger partial charge in [-0.05, 0) is 42.5 Å². The van der Waals surface area contributed by atoms with E-state index in [9.17, 15) is 13.2 Å². The van der Waals surface area contributed by atoms with E-state index in [0.717, 1.165) is 0 Å². The molecule has 0 aliphatic carbocycles. The lowest BCUT2D eigenvalue weighted by Crippen LogP contribution is -2.15. The standard InChI is InChI=1S/C20H18ClN3O5S/c1-28-18-8-7-17(10-19(18)29-2)30(26,27)24-16-9-13(11-22-12-16)20(25)23-15-5-3-14(21)4-6-15/h3-12,24H,1-2H3,(H,23,25). The molecular weight excluding hydrogens is 430 g/mol. The van der Waals surface area contributed by atoms with E-state index in [1.54, 1.807) is 24.3 Å². The minimum Gasteiger partial charge on any atom is -0.493 e. The van der Waals surface area contributed by atoms with Gasteiger partial charge in [-0.25, -0.2) is 8.42 Å². The second kappa shape index (κ2) is 9.02. The molecule has 1 aromatic heterocycles. The third-order valence-corrected chi connectivity index (χ3v) is 5.65. The highest BCUT2D eigenvalue weighted by molar-refractivity contribution is 7.92.